The Kier molecular flexibility index (Phi) is 9.12. The van der Waals surface area contributed by atoms with Gasteiger partial charge in [-0.05, 0) is 38.6 Å². The van der Waals surface area contributed by atoms with Crippen LogP contribution in [-0.4, -0.2) is 24.8 Å². The zero-order valence-corrected chi connectivity index (χ0v) is 10.9. The van der Waals surface area contributed by atoms with Gasteiger partial charge in [0.25, 0.3) is 0 Å². The molecule has 1 fully saturated rings. The van der Waals surface area contributed by atoms with Crippen LogP contribution in [-0.2, 0) is 0 Å². The summed E-state index contributed by atoms with van der Waals surface area (Å²) in [5.74, 6) is 1.80. The quantitative estimate of drug-likeness (QED) is 0.694. The third-order valence-electron chi connectivity index (χ3n) is 3.46. The van der Waals surface area contributed by atoms with E-state index in [0.29, 0.717) is 0 Å². The van der Waals surface area contributed by atoms with E-state index in [1.807, 2.05) is 0 Å². The molecule has 2 N–H and O–H groups in total. The predicted octanol–water partition coefficient (Wildman–Crippen LogP) is 2.81. The van der Waals surface area contributed by atoms with Crippen molar-refractivity contribution in [3.63, 3.8) is 0 Å². The molecule has 3 unspecified atom stereocenters. The van der Waals surface area contributed by atoms with Crippen molar-refractivity contribution in [2.45, 2.75) is 58.9 Å². The molecule has 0 aliphatic heterocycles. The summed E-state index contributed by atoms with van der Waals surface area (Å²) in [7, 11) is 2.12. The van der Waals surface area contributed by atoms with Gasteiger partial charge in [-0.1, -0.05) is 33.1 Å². The van der Waals surface area contributed by atoms with Crippen LogP contribution < -0.4 is 5.32 Å². The molecule has 3 atom stereocenters. The van der Waals surface area contributed by atoms with E-state index in [9.17, 15) is 0 Å². The second-order valence-corrected chi connectivity index (χ2v) is 4.56. The molecule has 1 rings (SSSR count). The summed E-state index contributed by atoms with van der Waals surface area (Å²) in [4.78, 5) is 0. The summed E-state index contributed by atoms with van der Waals surface area (Å²) in [5.41, 5.74) is 0. The lowest BCUT2D eigenvalue weighted by molar-refractivity contribution is 0.280. The van der Waals surface area contributed by atoms with Gasteiger partial charge < -0.3 is 10.4 Å². The SMILES string of the molecule is CCC1CCCCC(C)C1NC.CCO. The Hall–Kier alpha value is -0.0800. The number of aliphatic hydroxyl groups excluding tert-OH is 1. The predicted molar refractivity (Wildman–Crippen MR) is 67.0 cm³/mol. The van der Waals surface area contributed by atoms with Crippen molar-refractivity contribution in [3.05, 3.63) is 0 Å². The van der Waals surface area contributed by atoms with Crippen LogP contribution in [0.3, 0.4) is 0 Å². The highest BCUT2D eigenvalue weighted by molar-refractivity contribution is 4.82. The first kappa shape index (κ1) is 14.9. The normalized spacial score (nSPS) is 31.4. The minimum absolute atomic E-state index is 0.250. The Balaban J connectivity index is 0.000000583. The first-order valence-electron chi connectivity index (χ1n) is 6.49. The van der Waals surface area contributed by atoms with Crippen LogP contribution in [0.25, 0.3) is 0 Å². The van der Waals surface area contributed by atoms with Gasteiger partial charge in [0.1, 0.15) is 0 Å². The summed E-state index contributed by atoms with van der Waals surface area (Å²) in [5, 5.41) is 11.1. The molecule has 0 aromatic rings. The Morgan fingerprint density at radius 2 is 1.73 bits per heavy atom. The summed E-state index contributed by atoms with van der Waals surface area (Å²) >= 11 is 0. The average molecular weight is 215 g/mol. The van der Waals surface area contributed by atoms with E-state index in [1.165, 1.54) is 32.1 Å². The Morgan fingerprint density at radius 1 is 1.20 bits per heavy atom. The Morgan fingerprint density at radius 3 is 2.20 bits per heavy atom. The van der Waals surface area contributed by atoms with E-state index in [1.54, 1.807) is 6.92 Å². The van der Waals surface area contributed by atoms with E-state index in [2.05, 4.69) is 26.2 Å². The van der Waals surface area contributed by atoms with Crippen molar-refractivity contribution < 1.29 is 5.11 Å². The minimum atomic E-state index is 0.250. The number of nitrogens with one attached hydrogen (secondary N) is 1. The maximum Gasteiger partial charge on any atom is 0.0402 e. The largest absolute Gasteiger partial charge is 0.397 e. The molecule has 1 saturated carbocycles. The zero-order valence-electron chi connectivity index (χ0n) is 10.9. The van der Waals surface area contributed by atoms with Crippen molar-refractivity contribution in [1.29, 1.82) is 0 Å². The van der Waals surface area contributed by atoms with Crippen LogP contribution in [0.15, 0.2) is 0 Å². The third-order valence-corrected chi connectivity index (χ3v) is 3.46. The van der Waals surface area contributed by atoms with Crippen molar-refractivity contribution in [3.8, 4) is 0 Å². The van der Waals surface area contributed by atoms with Crippen LogP contribution >= 0.6 is 0 Å². The smallest absolute Gasteiger partial charge is 0.0402 e. The van der Waals surface area contributed by atoms with Gasteiger partial charge in [-0.25, -0.2) is 0 Å². The maximum atomic E-state index is 7.57. The molecule has 15 heavy (non-hydrogen) atoms. The molecule has 0 amide bonds. The lowest BCUT2D eigenvalue weighted by Crippen LogP contribution is -2.37. The molecule has 2 heteroatoms. The summed E-state index contributed by atoms with van der Waals surface area (Å²) < 4.78 is 0. The van der Waals surface area contributed by atoms with Gasteiger partial charge in [-0.3, -0.25) is 0 Å². The Labute approximate surface area is 95.5 Å². The van der Waals surface area contributed by atoms with Crippen LogP contribution in [0.4, 0.5) is 0 Å². The molecule has 92 valence electrons. The lowest BCUT2D eigenvalue weighted by atomic mass is 9.86. The Bertz CT molecular complexity index is 138. The van der Waals surface area contributed by atoms with E-state index >= 15 is 0 Å². The highest BCUT2D eigenvalue weighted by Crippen LogP contribution is 2.29. The van der Waals surface area contributed by atoms with Crippen molar-refractivity contribution in [2.24, 2.45) is 11.8 Å². The molecule has 1 aliphatic carbocycles. The first-order valence-corrected chi connectivity index (χ1v) is 6.49. The average Bonchev–Trinajstić information content (AvgIpc) is 2.40. The van der Waals surface area contributed by atoms with Crippen molar-refractivity contribution >= 4 is 0 Å². The number of aliphatic hydroxyl groups is 1. The molecule has 0 radical (unpaired) electrons. The molecular weight excluding hydrogens is 186 g/mol. The molecule has 0 bridgehead atoms. The molecular formula is C13H29NO. The standard InChI is InChI=1S/C11H23N.C2H6O/c1-4-10-8-6-5-7-9(2)11(10)12-3;1-2-3/h9-12H,4-8H2,1-3H3;3H,2H2,1H3. The molecule has 0 spiro atoms. The van der Waals surface area contributed by atoms with Crippen LogP contribution in [0.5, 0.6) is 0 Å². The molecule has 0 saturated heterocycles. The fourth-order valence-electron chi connectivity index (χ4n) is 2.67. The minimum Gasteiger partial charge on any atom is -0.397 e. The van der Waals surface area contributed by atoms with E-state index in [-0.39, 0.29) is 6.61 Å². The highest BCUT2D eigenvalue weighted by Gasteiger charge is 2.25. The monoisotopic (exact) mass is 215 g/mol. The number of hydrogen-bond donors (Lipinski definition) is 2. The van der Waals surface area contributed by atoms with Gasteiger partial charge in [-0.2, -0.15) is 0 Å². The molecule has 2 nitrogen and oxygen atoms in total. The summed E-state index contributed by atoms with van der Waals surface area (Å²) in [6.45, 7) is 6.65. The molecule has 0 heterocycles. The highest BCUT2D eigenvalue weighted by atomic mass is 16.2. The summed E-state index contributed by atoms with van der Waals surface area (Å²) in [6, 6.07) is 0.775. The summed E-state index contributed by atoms with van der Waals surface area (Å²) in [6.07, 6.45) is 7.08. The van der Waals surface area contributed by atoms with Gasteiger partial charge in [0, 0.05) is 12.6 Å². The van der Waals surface area contributed by atoms with Gasteiger partial charge in [0.2, 0.25) is 0 Å². The van der Waals surface area contributed by atoms with Crippen LogP contribution in [0.1, 0.15) is 52.9 Å². The van der Waals surface area contributed by atoms with Crippen LogP contribution in [0.2, 0.25) is 0 Å². The molecule has 0 aromatic heterocycles. The van der Waals surface area contributed by atoms with Crippen LogP contribution in [0, 0.1) is 11.8 Å². The fourth-order valence-corrected chi connectivity index (χ4v) is 2.67. The van der Waals surface area contributed by atoms with E-state index < -0.39 is 0 Å². The number of hydrogen-bond acceptors (Lipinski definition) is 2. The van der Waals surface area contributed by atoms with E-state index in [0.717, 1.165) is 17.9 Å². The first-order chi connectivity index (χ1) is 7.21. The van der Waals surface area contributed by atoms with Gasteiger partial charge >= 0.3 is 0 Å². The zero-order chi connectivity index (χ0) is 11.7. The van der Waals surface area contributed by atoms with E-state index in [4.69, 9.17) is 5.11 Å². The second-order valence-electron chi connectivity index (χ2n) is 4.56. The fraction of sp³-hybridized carbons (Fsp3) is 1.00. The van der Waals surface area contributed by atoms with Crippen molar-refractivity contribution in [1.82, 2.24) is 5.32 Å². The topological polar surface area (TPSA) is 32.3 Å². The maximum absolute atomic E-state index is 7.57. The second kappa shape index (κ2) is 9.17. The molecule has 0 aromatic carbocycles. The van der Waals surface area contributed by atoms with Crippen molar-refractivity contribution in [2.75, 3.05) is 13.7 Å². The lowest BCUT2D eigenvalue weighted by Gasteiger charge is -2.28. The van der Waals surface area contributed by atoms with Gasteiger partial charge in [0.05, 0.1) is 0 Å². The third kappa shape index (κ3) is 5.53. The van der Waals surface area contributed by atoms with Gasteiger partial charge in [0.15, 0.2) is 0 Å². The van der Waals surface area contributed by atoms with Gasteiger partial charge in [-0.15, -0.1) is 0 Å². The molecule has 1 aliphatic rings. The number of rotatable bonds is 2.